The van der Waals surface area contributed by atoms with Gasteiger partial charge in [-0.2, -0.15) is 0 Å². The summed E-state index contributed by atoms with van der Waals surface area (Å²) in [4.78, 5) is 4.16. The lowest BCUT2D eigenvalue weighted by Gasteiger charge is -2.19. The third kappa shape index (κ3) is 6.45. The molecule has 1 aliphatic rings. The number of methoxy groups -OCH3 is 1. The van der Waals surface area contributed by atoms with Crippen LogP contribution in [0.4, 0.5) is 0 Å². The van der Waals surface area contributed by atoms with Crippen LogP contribution in [-0.2, 0) is 9.84 Å². The quantitative estimate of drug-likeness (QED) is 0.552. The van der Waals surface area contributed by atoms with Crippen molar-refractivity contribution in [2.75, 3.05) is 38.8 Å². The number of sulfone groups is 1. The molecule has 8 heteroatoms. The summed E-state index contributed by atoms with van der Waals surface area (Å²) >= 11 is 0. The summed E-state index contributed by atoms with van der Waals surface area (Å²) < 4.78 is 34.0. The van der Waals surface area contributed by atoms with Crippen LogP contribution in [0.15, 0.2) is 29.3 Å². The van der Waals surface area contributed by atoms with Crippen LogP contribution in [0.1, 0.15) is 13.3 Å². The van der Waals surface area contributed by atoms with E-state index in [-0.39, 0.29) is 23.5 Å². The Morgan fingerprint density at radius 1 is 1.36 bits per heavy atom. The van der Waals surface area contributed by atoms with Crippen LogP contribution < -0.4 is 20.1 Å². The van der Waals surface area contributed by atoms with Crippen LogP contribution >= 0.6 is 0 Å². The van der Waals surface area contributed by atoms with Gasteiger partial charge in [-0.05, 0) is 31.4 Å². The van der Waals surface area contributed by atoms with Gasteiger partial charge in [0.1, 0.15) is 17.6 Å². The second kappa shape index (κ2) is 8.94. The Bertz CT molecular complexity index is 691. The number of hydrogen-bond acceptors (Lipinski definition) is 5. The summed E-state index contributed by atoms with van der Waals surface area (Å²) in [6.45, 7) is 3.13. The Labute approximate surface area is 149 Å². The zero-order chi connectivity index (χ0) is 18.3. The number of rotatable bonds is 7. The van der Waals surface area contributed by atoms with Gasteiger partial charge in [0, 0.05) is 19.7 Å². The Balaban J connectivity index is 1.74. The maximum atomic E-state index is 11.5. The Kier molecular flexibility index (Phi) is 6.92. The molecule has 0 aliphatic carbocycles. The second-order valence-electron chi connectivity index (χ2n) is 6.21. The normalized spacial score (nSPS) is 20.8. The highest BCUT2D eigenvalue weighted by Crippen LogP contribution is 2.20. The van der Waals surface area contributed by atoms with E-state index in [9.17, 15) is 8.42 Å². The minimum Gasteiger partial charge on any atom is -0.497 e. The minimum atomic E-state index is -2.85. The molecule has 0 radical (unpaired) electrons. The lowest BCUT2D eigenvalue weighted by Crippen LogP contribution is -2.43. The van der Waals surface area contributed by atoms with Gasteiger partial charge in [-0.1, -0.05) is 6.07 Å². The van der Waals surface area contributed by atoms with Gasteiger partial charge in [0.05, 0.1) is 25.2 Å². The fourth-order valence-electron chi connectivity index (χ4n) is 2.68. The Morgan fingerprint density at radius 3 is 2.76 bits per heavy atom. The molecule has 1 aromatic carbocycles. The highest BCUT2D eigenvalue weighted by molar-refractivity contribution is 7.91. The first-order chi connectivity index (χ1) is 11.9. The molecule has 1 saturated heterocycles. The van der Waals surface area contributed by atoms with Crippen LogP contribution in [0.2, 0.25) is 0 Å². The van der Waals surface area contributed by atoms with Gasteiger partial charge in [-0.25, -0.2) is 8.42 Å². The lowest BCUT2D eigenvalue weighted by atomic mass is 10.1. The van der Waals surface area contributed by atoms with Gasteiger partial charge in [0.15, 0.2) is 15.8 Å². The molecule has 1 fully saturated rings. The predicted molar refractivity (Wildman–Crippen MR) is 99.2 cm³/mol. The smallest absolute Gasteiger partial charge is 0.191 e. The molecular weight excluding hydrogens is 342 g/mol. The average Bonchev–Trinajstić information content (AvgIpc) is 2.94. The number of guanidine groups is 1. The number of aliphatic imine (C=N–C) groups is 1. The van der Waals surface area contributed by atoms with Crippen LogP contribution in [0, 0.1) is 5.92 Å². The summed E-state index contributed by atoms with van der Waals surface area (Å²) in [6, 6.07) is 7.46. The minimum absolute atomic E-state index is 0.0717. The van der Waals surface area contributed by atoms with Crippen molar-refractivity contribution >= 4 is 15.8 Å². The molecule has 140 valence electrons. The van der Waals surface area contributed by atoms with Crippen molar-refractivity contribution in [2.45, 2.75) is 19.4 Å². The van der Waals surface area contributed by atoms with E-state index in [4.69, 9.17) is 9.47 Å². The molecule has 0 spiro atoms. The van der Waals surface area contributed by atoms with Crippen LogP contribution in [0.3, 0.4) is 0 Å². The van der Waals surface area contributed by atoms with Gasteiger partial charge < -0.3 is 20.1 Å². The third-order valence-corrected chi connectivity index (χ3v) is 5.88. The summed E-state index contributed by atoms with van der Waals surface area (Å²) in [7, 11) is 0.462. The molecule has 2 unspecified atom stereocenters. The highest BCUT2D eigenvalue weighted by atomic mass is 32.2. The van der Waals surface area contributed by atoms with E-state index >= 15 is 0 Å². The topological polar surface area (TPSA) is 89.0 Å². The van der Waals surface area contributed by atoms with E-state index in [1.807, 2.05) is 31.2 Å². The van der Waals surface area contributed by atoms with Crippen LogP contribution in [0.5, 0.6) is 11.5 Å². The van der Waals surface area contributed by atoms with Crippen molar-refractivity contribution in [3.05, 3.63) is 24.3 Å². The summed E-state index contributed by atoms with van der Waals surface area (Å²) in [5, 5.41) is 6.38. The zero-order valence-corrected chi connectivity index (χ0v) is 15.8. The fraction of sp³-hybridized carbons (Fsp3) is 0.588. The first-order valence-electron chi connectivity index (χ1n) is 8.37. The van der Waals surface area contributed by atoms with Crippen LogP contribution in [-0.4, -0.2) is 59.2 Å². The van der Waals surface area contributed by atoms with Gasteiger partial charge in [-0.3, -0.25) is 4.99 Å². The maximum Gasteiger partial charge on any atom is 0.191 e. The molecule has 1 heterocycles. The summed E-state index contributed by atoms with van der Waals surface area (Å²) in [5.74, 6) is 2.83. The lowest BCUT2D eigenvalue weighted by molar-refractivity contribution is 0.223. The average molecular weight is 369 g/mol. The number of nitrogens with one attached hydrogen (secondary N) is 2. The Morgan fingerprint density at radius 2 is 2.12 bits per heavy atom. The number of nitrogens with zero attached hydrogens (tertiary/aromatic N) is 1. The predicted octanol–water partition coefficient (Wildman–Crippen LogP) is 1.06. The van der Waals surface area contributed by atoms with Crippen molar-refractivity contribution < 1.29 is 17.9 Å². The van der Waals surface area contributed by atoms with E-state index in [0.29, 0.717) is 25.5 Å². The highest BCUT2D eigenvalue weighted by Gasteiger charge is 2.27. The van der Waals surface area contributed by atoms with Crippen molar-refractivity contribution in [2.24, 2.45) is 10.9 Å². The largest absolute Gasteiger partial charge is 0.497 e. The number of ether oxygens (including phenoxy) is 2. The van der Waals surface area contributed by atoms with Gasteiger partial charge in [0.25, 0.3) is 0 Å². The monoisotopic (exact) mass is 369 g/mol. The molecule has 1 aromatic rings. The van der Waals surface area contributed by atoms with Crippen molar-refractivity contribution in [3.63, 3.8) is 0 Å². The maximum absolute atomic E-state index is 11.5. The van der Waals surface area contributed by atoms with E-state index < -0.39 is 9.84 Å². The summed E-state index contributed by atoms with van der Waals surface area (Å²) in [5.41, 5.74) is 0. The SMILES string of the molecule is CN=C(NCC1CCS(=O)(=O)C1)NCC(C)Oc1cccc(OC)c1. The molecule has 2 N–H and O–H groups in total. The molecule has 0 amide bonds. The molecule has 7 nitrogen and oxygen atoms in total. The van der Waals surface area contributed by atoms with Crippen molar-refractivity contribution in [1.29, 1.82) is 0 Å². The van der Waals surface area contributed by atoms with E-state index in [1.165, 1.54) is 0 Å². The molecule has 0 bridgehead atoms. The second-order valence-corrected chi connectivity index (χ2v) is 8.44. The first-order valence-corrected chi connectivity index (χ1v) is 10.2. The molecule has 2 atom stereocenters. The van der Waals surface area contributed by atoms with Gasteiger partial charge in [-0.15, -0.1) is 0 Å². The summed E-state index contributed by atoms with van der Waals surface area (Å²) in [6.07, 6.45) is 0.638. The van der Waals surface area contributed by atoms with E-state index in [2.05, 4.69) is 15.6 Å². The number of hydrogen-bond donors (Lipinski definition) is 2. The zero-order valence-electron chi connectivity index (χ0n) is 15.0. The molecule has 0 saturated carbocycles. The Hall–Kier alpha value is -1.96. The fourth-order valence-corrected chi connectivity index (χ4v) is 4.55. The van der Waals surface area contributed by atoms with E-state index in [0.717, 1.165) is 11.5 Å². The standard InChI is InChI=1S/C17H27N3O4S/c1-13(24-16-6-4-5-15(9-16)23-3)10-19-17(18-2)20-11-14-7-8-25(21,22)12-14/h4-6,9,13-14H,7-8,10-12H2,1-3H3,(H2,18,19,20). The number of benzene rings is 1. The molecule has 0 aromatic heterocycles. The van der Waals surface area contributed by atoms with Crippen LogP contribution in [0.25, 0.3) is 0 Å². The molecule has 2 rings (SSSR count). The van der Waals surface area contributed by atoms with Gasteiger partial charge >= 0.3 is 0 Å². The van der Waals surface area contributed by atoms with E-state index in [1.54, 1.807) is 14.2 Å². The molecule has 1 aliphatic heterocycles. The van der Waals surface area contributed by atoms with Gasteiger partial charge in [0.2, 0.25) is 0 Å². The third-order valence-electron chi connectivity index (χ3n) is 4.04. The van der Waals surface area contributed by atoms with Crippen molar-refractivity contribution in [3.8, 4) is 11.5 Å². The molecule has 25 heavy (non-hydrogen) atoms. The molecular formula is C17H27N3O4S. The first kappa shape index (κ1) is 19.4. The van der Waals surface area contributed by atoms with Crippen molar-refractivity contribution in [1.82, 2.24) is 10.6 Å².